The molecule has 4 nitrogen and oxygen atoms in total. The third-order valence-corrected chi connectivity index (χ3v) is 4.87. The summed E-state index contributed by atoms with van der Waals surface area (Å²) in [5.74, 6) is -0.0720. The summed E-state index contributed by atoms with van der Waals surface area (Å²) < 4.78 is 33.2. The minimum Gasteiger partial charge on any atom is -0.356 e. The first kappa shape index (κ1) is 15.5. The molecule has 24 heavy (non-hydrogen) atoms. The largest absolute Gasteiger partial charge is 0.356 e. The van der Waals surface area contributed by atoms with E-state index in [-0.39, 0.29) is 17.6 Å². The van der Waals surface area contributed by atoms with Crippen LogP contribution in [0.1, 0.15) is 24.5 Å². The van der Waals surface area contributed by atoms with E-state index in [0.29, 0.717) is 29.0 Å². The lowest BCUT2D eigenvalue weighted by Gasteiger charge is -2.32. The van der Waals surface area contributed by atoms with Crippen molar-refractivity contribution in [2.45, 2.75) is 18.8 Å². The number of piperidine rings is 1. The summed E-state index contributed by atoms with van der Waals surface area (Å²) in [5.41, 5.74) is 1.32. The van der Waals surface area contributed by atoms with Gasteiger partial charge in [0.15, 0.2) is 17.2 Å². The van der Waals surface area contributed by atoms with Gasteiger partial charge in [0.25, 0.3) is 0 Å². The second kappa shape index (κ2) is 6.12. The molecule has 1 aliphatic rings. The van der Waals surface area contributed by atoms with Crippen LogP contribution in [-0.4, -0.2) is 23.2 Å². The molecule has 1 saturated heterocycles. The molecule has 2 aromatic heterocycles. The lowest BCUT2D eigenvalue weighted by Crippen LogP contribution is -2.34. The Morgan fingerprint density at radius 1 is 1.17 bits per heavy atom. The highest BCUT2D eigenvalue weighted by atomic mass is 79.9. The van der Waals surface area contributed by atoms with Gasteiger partial charge in [0, 0.05) is 41.1 Å². The Morgan fingerprint density at radius 2 is 1.96 bits per heavy atom. The van der Waals surface area contributed by atoms with E-state index in [0.717, 1.165) is 23.9 Å². The highest BCUT2D eigenvalue weighted by molar-refractivity contribution is 9.10. The Morgan fingerprint density at radius 3 is 2.71 bits per heavy atom. The molecule has 1 fully saturated rings. The van der Waals surface area contributed by atoms with Crippen LogP contribution in [-0.2, 0) is 0 Å². The molecule has 3 heterocycles. The van der Waals surface area contributed by atoms with Crippen molar-refractivity contribution in [3.63, 3.8) is 0 Å². The first-order valence-corrected chi connectivity index (χ1v) is 8.52. The molecule has 3 aromatic rings. The predicted molar refractivity (Wildman–Crippen MR) is 90.1 cm³/mol. The molecule has 1 aliphatic heterocycles. The number of pyridine rings is 1. The summed E-state index contributed by atoms with van der Waals surface area (Å²) >= 11 is 3.22. The van der Waals surface area contributed by atoms with Crippen LogP contribution < -0.4 is 4.90 Å². The SMILES string of the molecule is Fc1ccc2c(C3CCN(c4ncc(Br)cc4F)CC3)noc2c1. The van der Waals surface area contributed by atoms with Gasteiger partial charge in [-0.15, -0.1) is 0 Å². The van der Waals surface area contributed by atoms with Crippen LogP contribution in [0, 0.1) is 11.6 Å². The number of fused-ring (bicyclic) bond motifs is 1. The molecule has 0 bridgehead atoms. The highest BCUT2D eigenvalue weighted by Crippen LogP contribution is 2.34. The van der Waals surface area contributed by atoms with Crippen LogP contribution in [0.2, 0.25) is 0 Å². The third kappa shape index (κ3) is 2.77. The van der Waals surface area contributed by atoms with Crippen molar-refractivity contribution >= 4 is 32.7 Å². The quantitative estimate of drug-likeness (QED) is 0.635. The average molecular weight is 394 g/mol. The molecule has 1 aromatic carbocycles. The molecule has 7 heteroatoms. The monoisotopic (exact) mass is 393 g/mol. The number of hydrogen-bond donors (Lipinski definition) is 0. The van der Waals surface area contributed by atoms with Gasteiger partial charge >= 0.3 is 0 Å². The first-order valence-electron chi connectivity index (χ1n) is 7.72. The average Bonchev–Trinajstić information content (AvgIpc) is 2.98. The summed E-state index contributed by atoms with van der Waals surface area (Å²) in [4.78, 5) is 6.12. The molecule has 0 unspecified atom stereocenters. The number of nitrogens with zero attached hydrogens (tertiary/aromatic N) is 3. The fraction of sp³-hybridized carbons (Fsp3) is 0.294. The first-order chi connectivity index (χ1) is 11.6. The summed E-state index contributed by atoms with van der Waals surface area (Å²) in [5, 5.41) is 4.98. The van der Waals surface area contributed by atoms with Crippen molar-refractivity contribution in [3.05, 3.63) is 52.3 Å². The minimum atomic E-state index is -0.336. The van der Waals surface area contributed by atoms with E-state index in [4.69, 9.17) is 4.52 Å². The molecular weight excluding hydrogens is 380 g/mol. The van der Waals surface area contributed by atoms with Crippen LogP contribution in [0.25, 0.3) is 11.0 Å². The van der Waals surface area contributed by atoms with E-state index >= 15 is 0 Å². The van der Waals surface area contributed by atoms with E-state index in [1.807, 2.05) is 4.90 Å². The molecule has 0 N–H and O–H groups in total. The normalized spacial score (nSPS) is 16.0. The van der Waals surface area contributed by atoms with Gasteiger partial charge in [-0.1, -0.05) is 5.16 Å². The van der Waals surface area contributed by atoms with Gasteiger partial charge in [0.1, 0.15) is 5.82 Å². The molecule has 0 atom stereocenters. The van der Waals surface area contributed by atoms with Crippen molar-refractivity contribution in [1.29, 1.82) is 0 Å². The number of rotatable bonds is 2. The van der Waals surface area contributed by atoms with Crippen LogP contribution in [0.15, 0.2) is 39.5 Å². The minimum absolute atomic E-state index is 0.214. The fourth-order valence-electron chi connectivity index (χ4n) is 3.23. The van der Waals surface area contributed by atoms with E-state index in [2.05, 4.69) is 26.1 Å². The van der Waals surface area contributed by atoms with Gasteiger partial charge in [0.2, 0.25) is 0 Å². The molecule has 0 amide bonds. The molecular formula is C17H14BrF2N3O. The summed E-state index contributed by atoms with van der Waals surface area (Å²) in [7, 11) is 0. The van der Waals surface area contributed by atoms with Crippen molar-refractivity contribution in [3.8, 4) is 0 Å². The maximum Gasteiger partial charge on any atom is 0.170 e. The topological polar surface area (TPSA) is 42.2 Å². The second-order valence-corrected chi connectivity index (χ2v) is 6.84. The molecule has 124 valence electrons. The van der Waals surface area contributed by atoms with Crippen molar-refractivity contribution in [2.24, 2.45) is 0 Å². The number of halogens is 3. The van der Waals surface area contributed by atoms with Crippen LogP contribution in [0.5, 0.6) is 0 Å². The van der Waals surface area contributed by atoms with Gasteiger partial charge in [0.05, 0.1) is 5.69 Å². The lowest BCUT2D eigenvalue weighted by molar-refractivity contribution is 0.414. The lowest BCUT2D eigenvalue weighted by atomic mass is 9.91. The fourth-order valence-corrected chi connectivity index (χ4v) is 3.53. The highest BCUT2D eigenvalue weighted by Gasteiger charge is 2.26. The molecule has 0 saturated carbocycles. The second-order valence-electron chi connectivity index (χ2n) is 5.93. The Labute approximate surface area is 145 Å². The predicted octanol–water partition coefficient (Wildman–Crippen LogP) is 4.65. The zero-order chi connectivity index (χ0) is 16.7. The Kier molecular flexibility index (Phi) is 3.96. The maximum absolute atomic E-state index is 14.1. The van der Waals surface area contributed by atoms with Crippen molar-refractivity contribution in [1.82, 2.24) is 10.1 Å². The van der Waals surface area contributed by atoms with Crippen LogP contribution in [0.3, 0.4) is 0 Å². The van der Waals surface area contributed by atoms with Crippen molar-refractivity contribution in [2.75, 3.05) is 18.0 Å². The smallest absolute Gasteiger partial charge is 0.170 e. The molecule has 4 rings (SSSR count). The summed E-state index contributed by atoms with van der Waals surface area (Å²) in [6.07, 6.45) is 3.23. The number of aromatic nitrogens is 2. The number of hydrogen-bond acceptors (Lipinski definition) is 4. The zero-order valence-electron chi connectivity index (χ0n) is 12.7. The van der Waals surface area contributed by atoms with Crippen molar-refractivity contribution < 1.29 is 13.3 Å². The molecule has 0 aliphatic carbocycles. The number of benzene rings is 1. The Bertz CT molecular complexity index is 891. The summed E-state index contributed by atoms with van der Waals surface area (Å²) in [6.45, 7) is 1.37. The van der Waals surface area contributed by atoms with E-state index < -0.39 is 0 Å². The standard InChI is InChI=1S/C17H14BrF2N3O/c18-11-7-14(20)17(21-9-11)23-5-3-10(4-6-23)16-13-2-1-12(19)8-15(13)24-22-16/h1-2,7-10H,3-6H2. The zero-order valence-corrected chi connectivity index (χ0v) is 14.3. The maximum atomic E-state index is 14.1. The summed E-state index contributed by atoms with van der Waals surface area (Å²) in [6, 6.07) is 5.90. The van der Waals surface area contributed by atoms with Gasteiger partial charge in [-0.2, -0.15) is 0 Å². The molecule has 0 spiro atoms. The van der Waals surface area contributed by atoms with Gasteiger partial charge < -0.3 is 9.42 Å². The van der Waals surface area contributed by atoms with E-state index in [1.165, 1.54) is 18.2 Å². The van der Waals surface area contributed by atoms with Gasteiger partial charge in [-0.3, -0.25) is 0 Å². The van der Waals surface area contributed by atoms with Crippen LogP contribution in [0.4, 0.5) is 14.6 Å². The van der Waals surface area contributed by atoms with E-state index in [1.54, 1.807) is 12.3 Å². The number of anilines is 1. The van der Waals surface area contributed by atoms with Gasteiger partial charge in [-0.25, -0.2) is 13.8 Å². The Balaban J connectivity index is 1.53. The van der Waals surface area contributed by atoms with E-state index in [9.17, 15) is 8.78 Å². The van der Waals surface area contributed by atoms with Gasteiger partial charge in [-0.05, 0) is 47.0 Å². The molecule has 0 radical (unpaired) electrons. The third-order valence-electron chi connectivity index (χ3n) is 4.43. The van der Waals surface area contributed by atoms with Crippen LogP contribution >= 0.6 is 15.9 Å². The Hall–Kier alpha value is -2.02.